The van der Waals surface area contributed by atoms with Gasteiger partial charge in [-0.25, -0.2) is 8.42 Å². The Balaban J connectivity index is 2.02. The minimum Gasteiger partial charge on any atom is -0.207 e. The summed E-state index contributed by atoms with van der Waals surface area (Å²) in [5.41, 5.74) is 2.19. The number of sulfonamides is 1. The number of hydrogen-bond acceptors (Lipinski definition) is 2. The molecule has 1 saturated heterocycles. The molecular weight excluding hydrogens is 294 g/mol. The third-order valence-electron chi connectivity index (χ3n) is 5.30. The van der Waals surface area contributed by atoms with Crippen LogP contribution in [0.2, 0.25) is 0 Å². The maximum Gasteiger partial charge on any atom is 0.243 e. The molecule has 0 aromatic heterocycles. The lowest BCUT2D eigenvalue weighted by molar-refractivity contribution is 0.133. The molecule has 1 aliphatic carbocycles. The van der Waals surface area contributed by atoms with Crippen LogP contribution in [0.1, 0.15) is 51.2 Å². The van der Waals surface area contributed by atoms with Gasteiger partial charge in [-0.1, -0.05) is 32.9 Å². The van der Waals surface area contributed by atoms with Crippen LogP contribution < -0.4 is 0 Å². The van der Waals surface area contributed by atoms with E-state index in [1.807, 2.05) is 32.0 Å². The molecule has 0 N–H and O–H groups in total. The van der Waals surface area contributed by atoms with Gasteiger partial charge >= 0.3 is 0 Å². The van der Waals surface area contributed by atoms with Gasteiger partial charge in [0.2, 0.25) is 10.0 Å². The molecule has 0 spiro atoms. The van der Waals surface area contributed by atoms with Gasteiger partial charge in [-0.15, -0.1) is 0 Å². The van der Waals surface area contributed by atoms with E-state index in [9.17, 15) is 8.42 Å². The Labute approximate surface area is 134 Å². The molecular formula is C18H27NO2S. The van der Waals surface area contributed by atoms with E-state index >= 15 is 0 Å². The average molecular weight is 321 g/mol. The van der Waals surface area contributed by atoms with Crippen LogP contribution in [-0.2, 0) is 10.0 Å². The Morgan fingerprint density at radius 1 is 1.14 bits per heavy atom. The van der Waals surface area contributed by atoms with E-state index in [4.69, 9.17) is 0 Å². The highest BCUT2D eigenvalue weighted by Gasteiger charge is 2.53. The number of hydrogen-bond donors (Lipinski definition) is 0. The van der Waals surface area contributed by atoms with Crippen LogP contribution in [0.15, 0.2) is 23.1 Å². The summed E-state index contributed by atoms with van der Waals surface area (Å²) in [5.74, 6) is 0. The number of rotatable bonds is 2. The van der Waals surface area contributed by atoms with Crippen molar-refractivity contribution in [3.05, 3.63) is 29.3 Å². The van der Waals surface area contributed by atoms with Gasteiger partial charge in [-0.3, -0.25) is 0 Å². The number of aryl methyl sites for hydroxylation is 2. The summed E-state index contributed by atoms with van der Waals surface area (Å²) in [6.07, 6.45) is 3.07. The van der Waals surface area contributed by atoms with Gasteiger partial charge in [0.1, 0.15) is 0 Å². The second kappa shape index (κ2) is 4.81. The summed E-state index contributed by atoms with van der Waals surface area (Å²) < 4.78 is 28.3. The molecule has 1 aliphatic heterocycles. The molecule has 1 aromatic carbocycles. The fourth-order valence-corrected chi connectivity index (χ4v) is 6.89. The molecule has 2 bridgehead atoms. The minimum atomic E-state index is -3.40. The largest absolute Gasteiger partial charge is 0.243 e. The van der Waals surface area contributed by atoms with Gasteiger partial charge < -0.3 is 0 Å². The Morgan fingerprint density at radius 2 is 1.82 bits per heavy atom. The molecule has 2 unspecified atom stereocenters. The zero-order valence-electron chi connectivity index (χ0n) is 14.3. The molecule has 0 amide bonds. The van der Waals surface area contributed by atoms with Crippen molar-refractivity contribution in [2.45, 2.75) is 64.8 Å². The Hall–Kier alpha value is -0.870. The first-order chi connectivity index (χ1) is 10.0. The second-order valence-electron chi connectivity index (χ2n) is 8.53. The Morgan fingerprint density at radius 3 is 2.50 bits per heavy atom. The predicted molar refractivity (Wildman–Crippen MR) is 89.3 cm³/mol. The van der Waals surface area contributed by atoms with Crippen LogP contribution in [-0.4, -0.2) is 25.3 Å². The van der Waals surface area contributed by atoms with E-state index in [1.54, 1.807) is 4.31 Å². The summed E-state index contributed by atoms with van der Waals surface area (Å²) in [7, 11) is -3.40. The second-order valence-corrected chi connectivity index (χ2v) is 10.4. The maximum absolute atomic E-state index is 13.2. The first-order valence-corrected chi connectivity index (χ1v) is 9.56. The summed E-state index contributed by atoms with van der Waals surface area (Å²) in [5, 5.41) is 0. The van der Waals surface area contributed by atoms with Crippen LogP contribution in [0.4, 0.5) is 0 Å². The van der Waals surface area contributed by atoms with Gasteiger partial charge in [-0.05, 0) is 61.1 Å². The van der Waals surface area contributed by atoms with Crippen molar-refractivity contribution in [3.63, 3.8) is 0 Å². The van der Waals surface area contributed by atoms with E-state index in [-0.39, 0.29) is 16.9 Å². The minimum absolute atomic E-state index is 0.122. The molecule has 2 aliphatic rings. The summed E-state index contributed by atoms with van der Waals surface area (Å²) in [6, 6.07) is 5.86. The Kier molecular flexibility index (Phi) is 3.50. The lowest BCUT2D eigenvalue weighted by atomic mass is 9.65. The van der Waals surface area contributed by atoms with Gasteiger partial charge in [0, 0.05) is 12.6 Å². The number of nitrogens with zero attached hydrogens (tertiary/aromatic N) is 1. The molecule has 122 valence electrons. The molecule has 22 heavy (non-hydrogen) atoms. The first-order valence-electron chi connectivity index (χ1n) is 8.12. The van der Waals surface area contributed by atoms with Crippen molar-refractivity contribution in [1.29, 1.82) is 0 Å². The third-order valence-corrected chi connectivity index (χ3v) is 7.34. The van der Waals surface area contributed by atoms with E-state index < -0.39 is 10.0 Å². The zero-order chi connectivity index (χ0) is 16.3. The number of fused-ring (bicyclic) bond motifs is 2. The van der Waals surface area contributed by atoms with Gasteiger partial charge in [-0.2, -0.15) is 4.31 Å². The van der Waals surface area contributed by atoms with Gasteiger partial charge in [0.15, 0.2) is 0 Å². The zero-order valence-corrected chi connectivity index (χ0v) is 15.1. The van der Waals surface area contributed by atoms with Crippen molar-refractivity contribution in [1.82, 2.24) is 4.31 Å². The van der Waals surface area contributed by atoms with Gasteiger partial charge in [0.05, 0.1) is 4.90 Å². The fourth-order valence-electron chi connectivity index (χ4n) is 4.80. The highest BCUT2D eigenvalue weighted by atomic mass is 32.2. The van der Waals surface area contributed by atoms with Crippen molar-refractivity contribution in [2.24, 2.45) is 10.8 Å². The van der Waals surface area contributed by atoms with Crippen LogP contribution in [0.5, 0.6) is 0 Å². The lowest BCUT2D eigenvalue weighted by Gasteiger charge is -2.39. The molecule has 2 fully saturated rings. The van der Waals surface area contributed by atoms with Crippen molar-refractivity contribution < 1.29 is 8.42 Å². The molecule has 1 aromatic rings. The topological polar surface area (TPSA) is 37.4 Å². The van der Waals surface area contributed by atoms with Crippen molar-refractivity contribution in [2.75, 3.05) is 6.54 Å². The molecule has 1 saturated carbocycles. The van der Waals surface area contributed by atoms with E-state index in [1.165, 1.54) is 0 Å². The third kappa shape index (κ3) is 2.61. The Bertz CT molecular complexity index is 708. The normalized spacial score (nSPS) is 31.4. The SMILES string of the molecule is Cc1ccc(C)c(S(=O)(=O)N2CC3(C)CC2CC(C)(C)C3)c1. The maximum atomic E-state index is 13.2. The molecule has 1 heterocycles. The van der Waals surface area contributed by atoms with Crippen LogP contribution in [0, 0.1) is 24.7 Å². The quantitative estimate of drug-likeness (QED) is 0.828. The average Bonchev–Trinajstić information content (AvgIpc) is 2.62. The van der Waals surface area contributed by atoms with E-state index in [0.717, 1.165) is 30.4 Å². The summed E-state index contributed by atoms with van der Waals surface area (Å²) >= 11 is 0. The number of benzene rings is 1. The smallest absolute Gasteiger partial charge is 0.207 e. The predicted octanol–water partition coefficient (Wildman–Crippen LogP) is 3.89. The molecule has 4 heteroatoms. The summed E-state index contributed by atoms with van der Waals surface area (Å²) in [4.78, 5) is 0.487. The fraction of sp³-hybridized carbons (Fsp3) is 0.667. The van der Waals surface area contributed by atoms with Crippen LogP contribution in [0.25, 0.3) is 0 Å². The van der Waals surface area contributed by atoms with Crippen LogP contribution in [0.3, 0.4) is 0 Å². The first kappa shape index (κ1) is 16.0. The van der Waals surface area contributed by atoms with Crippen molar-refractivity contribution >= 4 is 10.0 Å². The monoisotopic (exact) mass is 321 g/mol. The van der Waals surface area contributed by atoms with Crippen molar-refractivity contribution in [3.8, 4) is 0 Å². The molecule has 2 atom stereocenters. The van der Waals surface area contributed by atoms with E-state index in [0.29, 0.717) is 11.4 Å². The molecule has 0 radical (unpaired) electrons. The molecule has 3 rings (SSSR count). The van der Waals surface area contributed by atoms with E-state index in [2.05, 4.69) is 20.8 Å². The highest BCUT2D eigenvalue weighted by Crippen LogP contribution is 2.53. The highest BCUT2D eigenvalue weighted by molar-refractivity contribution is 7.89. The lowest BCUT2D eigenvalue weighted by Crippen LogP contribution is -2.38. The van der Waals surface area contributed by atoms with Gasteiger partial charge in [0.25, 0.3) is 0 Å². The standard InChI is InChI=1S/C18H27NO2S/c1-13-6-7-14(2)16(8-13)22(20,21)19-12-18(5)10-15(19)9-17(3,4)11-18/h6-8,15H,9-12H2,1-5H3. The summed E-state index contributed by atoms with van der Waals surface area (Å²) in [6.45, 7) is 11.3. The van der Waals surface area contributed by atoms with Crippen LogP contribution >= 0.6 is 0 Å². The molecule has 3 nitrogen and oxygen atoms in total.